The molecule has 2 aliphatic rings. The summed E-state index contributed by atoms with van der Waals surface area (Å²) in [7, 11) is 1.27. The quantitative estimate of drug-likeness (QED) is 0.622. The number of carbonyl (C=O) groups excluding carboxylic acids is 2. The van der Waals surface area contributed by atoms with E-state index in [1.54, 1.807) is 6.92 Å². The number of hydrogen-bond acceptors (Lipinski definition) is 4. The van der Waals surface area contributed by atoms with E-state index in [2.05, 4.69) is 10.3 Å². The monoisotopic (exact) mass is 326 g/mol. The Kier molecular flexibility index (Phi) is 5.11. The van der Waals surface area contributed by atoms with E-state index in [-0.39, 0.29) is 17.8 Å². The Hall–Kier alpha value is -1.56. The predicted molar refractivity (Wildman–Crippen MR) is 86.2 cm³/mol. The molecule has 122 valence electrons. The lowest BCUT2D eigenvalue weighted by Gasteiger charge is -2.29. The van der Waals surface area contributed by atoms with E-state index < -0.39 is 11.6 Å². The first-order valence-electron chi connectivity index (χ1n) is 7.46. The minimum atomic E-state index is -0.512. The lowest BCUT2D eigenvalue weighted by Crippen LogP contribution is -3.17. The molecule has 1 saturated heterocycles. The molecule has 0 aromatic heterocycles. The molecule has 22 heavy (non-hydrogen) atoms. The highest BCUT2D eigenvalue weighted by atomic mass is 32.1. The molecule has 2 rings (SSSR count). The third-order valence-corrected chi connectivity index (χ3v) is 4.14. The summed E-state index contributed by atoms with van der Waals surface area (Å²) in [4.78, 5) is 25.5. The predicted octanol–water partition coefficient (Wildman–Crippen LogP) is 1.07. The van der Waals surface area contributed by atoms with Crippen molar-refractivity contribution in [2.75, 3.05) is 13.2 Å². The molecule has 1 unspecified atom stereocenters. The van der Waals surface area contributed by atoms with Crippen LogP contribution in [0.15, 0.2) is 5.70 Å². The van der Waals surface area contributed by atoms with Gasteiger partial charge in [-0.3, -0.25) is 0 Å². The second-order valence-electron chi connectivity index (χ2n) is 6.20. The maximum absolute atomic E-state index is 12.3. The zero-order chi connectivity index (χ0) is 16.3. The maximum atomic E-state index is 12.3. The number of carbonyl (C=O) groups is 2. The number of alkyl carbamates (subject to hydrolysis) is 2. The molecule has 0 bridgehead atoms. The SMILES string of the molecule is CCOC(=O)C1=C=S=C([C@@H]2CCC[NH+]2C(=O)OC(C)(C)C)[N-]1. The lowest BCUT2D eigenvalue weighted by atomic mass is 10.2. The summed E-state index contributed by atoms with van der Waals surface area (Å²) >= 11 is 0. The third-order valence-electron chi connectivity index (χ3n) is 3.26. The van der Waals surface area contributed by atoms with E-state index in [9.17, 15) is 9.59 Å². The van der Waals surface area contributed by atoms with Crippen molar-refractivity contribution in [3.05, 3.63) is 11.0 Å². The topological polar surface area (TPSA) is 71.1 Å². The van der Waals surface area contributed by atoms with Crippen molar-refractivity contribution < 1.29 is 24.0 Å². The van der Waals surface area contributed by atoms with Crippen molar-refractivity contribution >= 4 is 33.0 Å². The van der Waals surface area contributed by atoms with Gasteiger partial charge in [-0.15, -0.1) is 10.9 Å². The molecule has 1 fully saturated rings. The molecule has 2 atom stereocenters. The van der Waals surface area contributed by atoms with Crippen molar-refractivity contribution in [3.63, 3.8) is 0 Å². The van der Waals surface area contributed by atoms with E-state index >= 15 is 0 Å². The number of hydrogen-bond donors (Lipinski definition) is 1. The van der Waals surface area contributed by atoms with Crippen molar-refractivity contribution in [1.29, 1.82) is 0 Å². The molecule has 1 N–H and O–H groups in total. The van der Waals surface area contributed by atoms with Crippen LogP contribution in [0.3, 0.4) is 0 Å². The van der Waals surface area contributed by atoms with Crippen LogP contribution in [-0.4, -0.2) is 46.9 Å². The van der Waals surface area contributed by atoms with Gasteiger partial charge in [-0.25, -0.2) is 9.69 Å². The fourth-order valence-corrected chi connectivity index (χ4v) is 3.27. The highest BCUT2D eigenvalue weighted by Gasteiger charge is 2.38. The van der Waals surface area contributed by atoms with Gasteiger partial charge in [-0.2, -0.15) is 4.79 Å². The first kappa shape index (κ1) is 16.8. The number of ether oxygens (including phenoxy) is 2. The molecule has 0 saturated carbocycles. The van der Waals surface area contributed by atoms with Crippen molar-refractivity contribution in [2.45, 2.75) is 52.2 Å². The number of nitrogens with zero attached hydrogens (tertiary/aromatic N) is 1. The first-order valence-corrected chi connectivity index (χ1v) is 8.28. The van der Waals surface area contributed by atoms with Crippen LogP contribution < -0.4 is 4.90 Å². The number of likely N-dealkylation sites (tertiary alicyclic amines) is 1. The van der Waals surface area contributed by atoms with Gasteiger partial charge in [0.1, 0.15) is 11.6 Å². The molecule has 0 aromatic carbocycles. The Balaban J connectivity index is 2.08. The van der Waals surface area contributed by atoms with Gasteiger partial charge < -0.3 is 14.8 Å². The van der Waals surface area contributed by atoms with Crippen LogP contribution in [0.1, 0.15) is 40.5 Å². The van der Waals surface area contributed by atoms with E-state index in [4.69, 9.17) is 9.47 Å². The zero-order valence-corrected chi connectivity index (χ0v) is 14.2. The van der Waals surface area contributed by atoms with E-state index in [1.807, 2.05) is 20.8 Å². The molecule has 0 aromatic rings. The molecule has 7 heteroatoms. The van der Waals surface area contributed by atoms with Crippen LogP contribution in [0.25, 0.3) is 5.32 Å². The summed E-state index contributed by atoms with van der Waals surface area (Å²) in [5.74, 6) is -0.471. The summed E-state index contributed by atoms with van der Waals surface area (Å²) in [6.07, 6.45) is 1.51. The van der Waals surface area contributed by atoms with Gasteiger partial charge in [0.05, 0.1) is 13.2 Å². The average molecular weight is 326 g/mol. The zero-order valence-electron chi connectivity index (χ0n) is 13.4. The highest BCUT2D eigenvalue weighted by molar-refractivity contribution is 7.97. The Morgan fingerprint density at radius 2 is 2.18 bits per heavy atom. The molecule has 1 amide bonds. The standard InChI is InChI=1S/C15H22N2O4S/c1-5-20-13(18)10-9-22-12(16-10)11-7-6-8-17(11)14(19)21-15(2,3)4/h11H,5-8H2,1-4H3,(H,16,18)/t11-/m0/s1. The van der Waals surface area contributed by atoms with Gasteiger partial charge in [-0.05, 0) is 32.7 Å². The molecule has 2 heterocycles. The number of nitrogens with one attached hydrogen (secondary N) is 1. The summed E-state index contributed by atoms with van der Waals surface area (Å²) in [5, 5.41) is 7.17. The Morgan fingerprint density at radius 1 is 1.45 bits per heavy atom. The molecule has 0 aliphatic carbocycles. The second-order valence-corrected chi connectivity index (χ2v) is 7.02. The smallest absolute Gasteiger partial charge is 0.515 e. The van der Waals surface area contributed by atoms with Crippen molar-refractivity contribution in [1.82, 2.24) is 0 Å². The van der Waals surface area contributed by atoms with Gasteiger partial charge in [0, 0.05) is 18.5 Å². The van der Waals surface area contributed by atoms with Gasteiger partial charge in [0.2, 0.25) is 0 Å². The van der Waals surface area contributed by atoms with Crippen LogP contribution in [0.4, 0.5) is 4.79 Å². The number of amides is 1. The van der Waals surface area contributed by atoms with E-state index in [1.165, 1.54) is 10.9 Å². The van der Waals surface area contributed by atoms with E-state index in [0.717, 1.165) is 22.7 Å². The normalized spacial score (nSPS) is 24.0. The molecule has 6 nitrogen and oxygen atoms in total. The first-order chi connectivity index (χ1) is 10.3. The summed E-state index contributed by atoms with van der Waals surface area (Å²) in [6, 6.07) is -0.0701. The summed E-state index contributed by atoms with van der Waals surface area (Å²) in [6.45, 7) is 8.32. The lowest BCUT2D eigenvalue weighted by molar-refractivity contribution is -0.826. The fourth-order valence-electron chi connectivity index (χ4n) is 2.40. The minimum absolute atomic E-state index is 0.0701. The Bertz CT molecular complexity index is 581. The Labute approximate surface area is 134 Å². The molecular weight excluding hydrogens is 304 g/mol. The van der Waals surface area contributed by atoms with Crippen LogP contribution in [-0.2, 0) is 14.3 Å². The summed E-state index contributed by atoms with van der Waals surface area (Å²) in [5.41, 5.74) is -0.320. The molecule has 2 aliphatic heterocycles. The second kappa shape index (κ2) is 6.69. The van der Waals surface area contributed by atoms with Gasteiger partial charge >= 0.3 is 12.1 Å². The fraction of sp³-hybridized carbons (Fsp3) is 0.667. The van der Waals surface area contributed by atoms with Crippen LogP contribution in [0.5, 0.6) is 0 Å². The largest absolute Gasteiger partial charge is 0.634 e. The van der Waals surface area contributed by atoms with Gasteiger partial charge in [0.25, 0.3) is 0 Å². The third kappa shape index (κ3) is 4.00. The number of esters is 1. The molecule has 0 spiro atoms. The number of rotatable bonds is 3. The average Bonchev–Trinajstić information content (AvgIpc) is 3.06. The molecular formula is C15H22N2O4S. The van der Waals surface area contributed by atoms with Crippen LogP contribution in [0, 0.1) is 0 Å². The van der Waals surface area contributed by atoms with Gasteiger partial charge in [0.15, 0.2) is 0 Å². The van der Waals surface area contributed by atoms with E-state index in [0.29, 0.717) is 13.2 Å². The van der Waals surface area contributed by atoms with Crippen molar-refractivity contribution in [3.8, 4) is 0 Å². The minimum Gasteiger partial charge on any atom is -0.634 e. The summed E-state index contributed by atoms with van der Waals surface area (Å²) < 4.78 is 10.4. The van der Waals surface area contributed by atoms with Crippen molar-refractivity contribution in [2.24, 2.45) is 0 Å². The van der Waals surface area contributed by atoms with Crippen LogP contribution >= 0.6 is 10.9 Å². The number of quaternary nitrogens is 1. The molecule has 0 radical (unpaired) electrons. The van der Waals surface area contributed by atoms with Gasteiger partial charge in [-0.1, -0.05) is 5.02 Å². The Morgan fingerprint density at radius 3 is 2.82 bits per heavy atom. The van der Waals surface area contributed by atoms with Crippen LogP contribution in [0.2, 0.25) is 0 Å². The highest BCUT2D eigenvalue weighted by Crippen LogP contribution is 2.18. The maximum Gasteiger partial charge on any atom is 0.515 e.